The second-order valence-corrected chi connectivity index (χ2v) is 7.49. The predicted molar refractivity (Wildman–Crippen MR) is 100 cm³/mol. The van der Waals surface area contributed by atoms with Crippen LogP contribution in [0.2, 0.25) is 0 Å². The maximum atomic E-state index is 12.4. The molecular weight excluding hydrogens is 352 g/mol. The molecule has 1 aliphatic rings. The molecule has 1 amide bonds. The van der Waals surface area contributed by atoms with Crippen molar-refractivity contribution in [1.82, 2.24) is 9.80 Å². The van der Waals surface area contributed by atoms with Gasteiger partial charge in [0, 0.05) is 19.5 Å². The molecule has 1 fully saturated rings. The first kappa shape index (κ1) is 23.2. The molecule has 27 heavy (non-hydrogen) atoms. The van der Waals surface area contributed by atoms with Gasteiger partial charge in [0.25, 0.3) is 0 Å². The molecule has 0 N–H and O–H groups in total. The van der Waals surface area contributed by atoms with Gasteiger partial charge < -0.3 is 19.1 Å². The molecule has 8 nitrogen and oxygen atoms in total. The van der Waals surface area contributed by atoms with Crippen LogP contribution in [0.5, 0.6) is 0 Å². The molecule has 1 saturated heterocycles. The Morgan fingerprint density at radius 3 is 2.26 bits per heavy atom. The van der Waals surface area contributed by atoms with Crippen LogP contribution in [0.3, 0.4) is 0 Å². The van der Waals surface area contributed by atoms with Crippen molar-refractivity contribution in [3.8, 4) is 0 Å². The van der Waals surface area contributed by atoms with E-state index in [0.717, 1.165) is 6.42 Å². The zero-order valence-corrected chi connectivity index (χ0v) is 17.3. The van der Waals surface area contributed by atoms with Gasteiger partial charge in [0.2, 0.25) is 0 Å². The van der Waals surface area contributed by atoms with Crippen molar-refractivity contribution in [3.63, 3.8) is 0 Å². The minimum Gasteiger partial charge on any atom is -0.466 e. The van der Waals surface area contributed by atoms with Gasteiger partial charge in [-0.1, -0.05) is 0 Å². The van der Waals surface area contributed by atoms with Crippen molar-refractivity contribution < 1.29 is 28.6 Å². The number of carbonyl (C=O) groups excluding carboxylic acids is 3. The van der Waals surface area contributed by atoms with Crippen molar-refractivity contribution in [2.45, 2.75) is 65.5 Å². The van der Waals surface area contributed by atoms with E-state index in [1.807, 2.05) is 25.7 Å². The molecule has 1 atom stereocenters. The maximum absolute atomic E-state index is 12.4. The number of esters is 2. The summed E-state index contributed by atoms with van der Waals surface area (Å²) in [6.07, 6.45) is 1.41. The van der Waals surface area contributed by atoms with E-state index in [-0.39, 0.29) is 18.5 Å². The van der Waals surface area contributed by atoms with Gasteiger partial charge in [-0.2, -0.15) is 0 Å². The van der Waals surface area contributed by atoms with Crippen LogP contribution in [0.25, 0.3) is 0 Å². The van der Waals surface area contributed by atoms with Crippen molar-refractivity contribution >= 4 is 18.0 Å². The van der Waals surface area contributed by atoms with Crippen molar-refractivity contribution in [2.75, 3.05) is 39.4 Å². The number of unbranched alkanes of at least 4 members (excludes halogenated alkanes) is 1. The van der Waals surface area contributed by atoms with E-state index in [9.17, 15) is 14.4 Å². The quantitative estimate of drug-likeness (QED) is 0.359. The summed E-state index contributed by atoms with van der Waals surface area (Å²) in [7, 11) is 0. The predicted octanol–water partition coefficient (Wildman–Crippen LogP) is 2.20. The highest BCUT2D eigenvalue weighted by Crippen LogP contribution is 2.17. The van der Waals surface area contributed by atoms with Crippen LogP contribution in [0.1, 0.15) is 53.9 Å². The Morgan fingerprint density at radius 1 is 1.00 bits per heavy atom. The lowest BCUT2D eigenvalue weighted by Gasteiger charge is -2.40. The second kappa shape index (κ2) is 11.1. The zero-order chi connectivity index (χ0) is 20.4. The highest BCUT2D eigenvalue weighted by molar-refractivity contribution is 5.78. The highest BCUT2D eigenvalue weighted by Gasteiger charge is 2.36. The summed E-state index contributed by atoms with van der Waals surface area (Å²) in [5.74, 6) is -0.537. The Labute approximate surface area is 162 Å². The van der Waals surface area contributed by atoms with Gasteiger partial charge in [0.15, 0.2) is 0 Å². The minimum atomic E-state index is -0.583. The smallest absolute Gasteiger partial charge is 0.410 e. The molecule has 0 spiro atoms. The number of hydrogen-bond donors (Lipinski definition) is 0. The first-order valence-electron chi connectivity index (χ1n) is 9.72. The average molecular weight is 386 g/mol. The minimum absolute atomic E-state index is 0.200. The fraction of sp³-hybridized carbons (Fsp3) is 0.842. The second-order valence-electron chi connectivity index (χ2n) is 7.49. The lowest BCUT2D eigenvalue weighted by Crippen LogP contribution is -2.58. The van der Waals surface area contributed by atoms with Crippen LogP contribution in [0.15, 0.2) is 0 Å². The SMILES string of the molecule is CCOC(=O)CCCCN1CCN(C(=O)OC(C)(C)C)C[C@@H]1C(=O)OCC. The number of piperazine rings is 1. The molecule has 0 aromatic heterocycles. The van der Waals surface area contributed by atoms with Crippen molar-refractivity contribution in [2.24, 2.45) is 0 Å². The molecule has 1 heterocycles. The summed E-state index contributed by atoms with van der Waals surface area (Å²) in [5.41, 5.74) is -0.583. The number of nitrogens with zero attached hydrogens (tertiary/aromatic N) is 2. The number of hydrogen-bond acceptors (Lipinski definition) is 7. The fourth-order valence-electron chi connectivity index (χ4n) is 2.86. The third-order valence-electron chi connectivity index (χ3n) is 4.08. The Bertz CT molecular complexity index is 503. The van der Waals surface area contributed by atoms with E-state index in [2.05, 4.69) is 0 Å². The normalized spacial score (nSPS) is 18.1. The van der Waals surface area contributed by atoms with Crippen LogP contribution in [0, 0.1) is 0 Å². The number of carbonyl (C=O) groups is 3. The van der Waals surface area contributed by atoms with Crippen molar-refractivity contribution in [1.29, 1.82) is 0 Å². The summed E-state index contributed by atoms with van der Waals surface area (Å²) in [4.78, 5) is 39.7. The molecule has 156 valence electrons. The molecule has 1 aliphatic heterocycles. The van der Waals surface area contributed by atoms with Gasteiger partial charge in [-0.25, -0.2) is 4.79 Å². The van der Waals surface area contributed by atoms with Gasteiger partial charge in [0.1, 0.15) is 11.6 Å². The zero-order valence-electron chi connectivity index (χ0n) is 17.3. The summed E-state index contributed by atoms with van der Waals surface area (Å²) < 4.78 is 15.5. The molecule has 8 heteroatoms. The molecular formula is C19H34N2O6. The molecule has 1 rings (SSSR count). The van der Waals surface area contributed by atoms with Gasteiger partial charge in [-0.05, 0) is 54.0 Å². The Kier molecular flexibility index (Phi) is 9.55. The number of amides is 1. The first-order chi connectivity index (χ1) is 12.7. The van der Waals surface area contributed by atoms with E-state index in [0.29, 0.717) is 45.7 Å². The van der Waals surface area contributed by atoms with Crippen molar-refractivity contribution in [3.05, 3.63) is 0 Å². The first-order valence-corrected chi connectivity index (χ1v) is 9.72. The van der Waals surface area contributed by atoms with E-state index in [4.69, 9.17) is 14.2 Å². The van der Waals surface area contributed by atoms with Gasteiger partial charge in [-0.3, -0.25) is 14.5 Å². The lowest BCUT2D eigenvalue weighted by atomic mass is 10.1. The summed E-state index contributed by atoms with van der Waals surface area (Å²) in [6, 6.07) is -0.520. The largest absolute Gasteiger partial charge is 0.466 e. The van der Waals surface area contributed by atoms with Crippen LogP contribution < -0.4 is 0 Å². The Balaban J connectivity index is 2.61. The molecule has 0 aromatic carbocycles. The van der Waals surface area contributed by atoms with Gasteiger partial charge in [0.05, 0.1) is 19.8 Å². The van der Waals surface area contributed by atoms with Crippen LogP contribution in [-0.4, -0.2) is 78.9 Å². The standard InChI is InChI=1S/C19H34N2O6/c1-6-25-16(22)10-8-9-11-20-12-13-21(18(24)27-19(3,4)5)14-15(20)17(23)26-7-2/h15H,6-14H2,1-5H3/t15-/m1/s1. The van der Waals surface area contributed by atoms with E-state index < -0.39 is 17.7 Å². The van der Waals surface area contributed by atoms with E-state index >= 15 is 0 Å². The molecule has 0 bridgehead atoms. The van der Waals surface area contributed by atoms with Crippen LogP contribution in [-0.2, 0) is 23.8 Å². The third kappa shape index (κ3) is 8.60. The van der Waals surface area contributed by atoms with Crippen LogP contribution in [0.4, 0.5) is 4.79 Å². The van der Waals surface area contributed by atoms with Crippen LogP contribution >= 0.6 is 0 Å². The summed E-state index contributed by atoms with van der Waals surface area (Å²) >= 11 is 0. The lowest BCUT2D eigenvalue weighted by molar-refractivity contribution is -0.152. The average Bonchev–Trinajstić information content (AvgIpc) is 2.57. The molecule has 0 saturated carbocycles. The summed E-state index contributed by atoms with van der Waals surface area (Å²) in [6.45, 7) is 11.6. The molecule has 0 aliphatic carbocycles. The topological polar surface area (TPSA) is 85.4 Å². The van der Waals surface area contributed by atoms with Gasteiger partial charge in [-0.15, -0.1) is 0 Å². The maximum Gasteiger partial charge on any atom is 0.410 e. The Morgan fingerprint density at radius 2 is 1.67 bits per heavy atom. The number of ether oxygens (including phenoxy) is 3. The Hall–Kier alpha value is -1.83. The van der Waals surface area contributed by atoms with E-state index in [1.165, 1.54) is 0 Å². The molecule has 0 unspecified atom stereocenters. The number of rotatable bonds is 8. The fourth-order valence-corrected chi connectivity index (χ4v) is 2.86. The van der Waals surface area contributed by atoms with E-state index in [1.54, 1.807) is 18.7 Å². The highest BCUT2D eigenvalue weighted by atomic mass is 16.6. The van der Waals surface area contributed by atoms with Gasteiger partial charge >= 0.3 is 18.0 Å². The third-order valence-corrected chi connectivity index (χ3v) is 4.08. The summed E-state index contributed by atoms with van der Waals surface area (Å²) in [5, 5.41) is 0. The molecule has 0 radical (unpaired) electrons. The monoisotopic (exact) mass is 386 g/mol. The molecule has 0 aromatic rings.